The first kappa shape index (κ1) is 16.8. The van der Waals surface area contributed by atoms with E-state index in [9.17, 15) is 4.79 Å². The van der Waals surface area contributed by atoms with E-state index in [-0.39, 0.29) is 11.7 Å². The molecule has 1 aromatic heterocycles. The molecule has 0 bridgehead atoms. The van der Waals surface area contributed by atoms with Gasteiger partial charge in [0.15, 0.2) is 11.6 Å². The van der Waals surface area contributed by atoms with Gasteiger partial charge in [-0.25, -0.2) is 4.98 Å². The van der Waals surface area contributed by atoms with Gasteiger partial charge in [-0.3, -0.25) is 9.69 Å². The second-order valence-corrected chi connectivity index (χ2v) is 6.91. The fourth-order valence-electron chi connectivity index (χ4n) is 3.39. The number of benzene rings is 1. The van der Waals surface area contributed by atoms with Gasteiger partial charge in [0.05, 0.1) is 0 Å². The van der Waals surface area contributed by atoms with E-state index >= 15 is 0 Å². The minimum Gasteiger partial charge on any atom is -0.453 e. The number of rotatable bonds is 4. The van der Waals surface area contributed by atoms with Gasteiger partial charge in [-0.05, 0) is 43.5 Å². The monoisotopic (exact) mass is 352 g/mol. The lowest BCUT2D eigenvalue weighted by atomic mass is 10.2. The van der Waals surface area contributed by atoms with Crippen LogP contribution in [0.3, 0.4) is 0 Å². The number of nitrogen functional groups attached to an aromatic ring is 1. The molecule has 1 amide bonds. The summed E-state index contributed by atoms with van der Waals surface area (Å²) in [5.41, 5.74) is 6.40. The number of hydrogen-bond donors (Lipinski definition) is 1. The highest BCUT2D eigenvalue weighted by Crippen LogP contribution is 2.28. The number of carbonyl (C=O) groups is 1. The van der Waals surface area contributed by atoms with E-state index in [4.69, 9.17) is 10.5 Å². The van der Waals surface area contributed by atoms with Gasteiger partial charge in [-0.2, -0.15) is 0 Å². The maximum Gasteiger partial charge on any atom is 0.272 e. The fraction of sp³-hybridized carbons (Fsp3) is 0.400. The minimum absolute atomic E-state index is 0.0550. The second kappa shape index (κ2) is 7.33. The van der Waals surface area contributed by atoms with Gasteiger partial charge < -0.3 is 15.4 Å². The van der Waals surface area contributed by atoms with Crippen molar-refractivity contribution < 1.29 is 9.53 Å². The van der Waals surface area contributed by atoms with Gasteiger partial charge in [0.25, 0.3) is 5.91 Å². The molecule has 4 rings (SSSR count). The molecule has 1 saturated carbocycles. The number of anilines is 1. The van der Waals surface area contributed by atoms with E-state index in [1.54, 1.807) is 12.1 Å². The highest BCUT2D eigenvalue weighted by molar-refractivity contribution is 5.93. The minimum atomic E-state index is -0.0550. The Labute approximate surface area is 153 Å². The maximum absolute atomic E-state index is 12.8. The van der Waals surface area contributed by atoms with Crippen molar-refractivity contribution in [2.75, 3.05) is 31.9 Å². The summed E-state index contributed by atoms with van der Waals surface area (Å²) in [5, 5.41) is 0. The van der Waals surface area contributed by atoms with Crippen molar-refractivity contribution >= 4 is 11.7 Å². The molecule has 2 aromatic rings. The maximum atomic E-state index is 12.8. The Morgan fingerprint density at radius 3 is 2.58 bits per heavy atom. The van der Waals surface area contributed by atoms with Crippen molar-refractivity contribution in [2.24, 2.45) is 0 Å². The molecule has 136 valence electrons. The van der Waals surface area contributed by atoms with Gasteiger partial charge in [0.2, 0.25) is 0 Å². The Hall–Kier alpha value is -2.60. The summed E-state index contributed by atoms with van der Waals surface area (Å²) in [4.78, 5) is 21.5. The van der Waals surface area contributed by atoms with Crippen molar-refractivity contribution in [3.8, 4) is 11.5 Å². The first-order valence-corrected chi connectivity index (χ1v) is 9.23. The number of amides is 1. The van der Waals surface area contributed by atoms with Gasteiger partial charge in [-0.1, -0.05) is 18.2 Å². The molecule has 2 fully saturated rings. The van der Waals surface area contributed by atoms with Crippen LogP contribution in [0.2, 0.25) is 0 Å². The van der Waals surface area contributed by atoms with Gasteiger partial charge in [0.1, 0.15) is 11.4 Å². The largest absolute Gasteiger partial charge is 0.453 e. The molecule has 1 aliphatic carbocycles. The fourth-order valence-corrected chi connectivity index (χ4v) is 3.39. The van der Waals surface area contributed by atoms with E-state index in [1.165, 1.54) is 12.8 Å². The Bertz CT molecular complexity index is 777. The molecule has 0 spiro atoms. The third-order valence-corrected chi connectivity index (χ3v) is 4.96. The van der Waals surface area contributed by atoms with E-state index in [0.29, 0.717) is 17.2 Å². The number of hydrogen-bond acceptors (Lipinski definition) is 5. The highest BCUT2D eigenvalue weighted by Gasteiger charge is 2.31. The normalized spacial score (nSPS) is 18.4. The van der Waals surface area contributed by atoms with Crippen molar-refractivity contribution in [3.63, 3.8) is 0 Å². The Morgan fingerprint density at radius 1 is 1.04 bits per heavy atom. The smallest absolute Gasteiger partial charge is 0.272 e. The van der Waals surface area contributed by atoms with Crippen LogP contribution >= 0.6 is 0 Å². The molecule has 6 heteroatoms. The first-order chi connectivity index (χ1) is 12.7. The van der Waals surface area contributed by atoms with Gasteiger partial charge in [-0.15, -0.1) is 0 Å². The van der Waals surface area contributed by atoms with Crippen molar-refractivity contribution in [1.29, 1.82) is 0 Å². The van der Waals surface area contributed by atoms with Gasteiger partial charge >= 0.3 is 0 Å². The zero-order chi connectivity index (χ0) is 17.9. The first-order valence-electron chi connectivity index (χ1n) is 9.23. The Balaban J connectivity index is 1.43. The quantitative estimate of drug-likeness (QED) is 0.916. The van der Waals surface area contributed by atoms with Crippen LogP contribution in [-0.4, -0.2) is 52.9 Å². The van der Waals surface area contributed by atoms with Crippen LogP contribution in [0, 0.1) is 0 Å². The molecular weight excluding hydrogens is 328 g/mol. The Kier molecular flexibility index (Phi) is 4.75. The summed E-state index contributed by atoms with van der Waals surface area (Å²) < 4.78 is 5.74. The number of aromatic nitrogens is 1. The van der Waals surface area contributed by atoms with E-state index in [1.807, 2.05) is 35.2 Å². The summed E-state index contributed by atoms with van der Waals surface area (Å²) >= 11 is 0. The molecule has 6 nitrogen and oxygen atoms in total. The molecule has 2 heterocycles. The molecule has 0 radical (unpaired) electrons. The SMILES string of the molecule is Nc1nc(C(=O)N2CCCN(C3CC3)CC2)ccc1Oc1ccccc1. The van der Waals surface area contributed by atoms with Crippen LogP contribution in [0.25, 0.3) is 0 Å². The van der Waals surface area contributed by atoms with Gasteiger partial charge in [0, 0.05) is 32.2 Å². The number of nitrogens with two attached hydrogens (primary N) is 1. The number of ether oxygens (including phenoxy) is 1. The molecule has 0 atom stereocenters. The van der Waals surface area contributed by atoms with E-state index in [0.717, 1.165) is 38.6 Å². The zero-order valence-corrected chi connectivity index (χ0v) is 14.8. The molecule has 0 unspecified atom stereocenters. The van der Waals surface area contributed by atoms with Crippen LogP contribution in [0.15, 0.2) is 42.5 Å². The molecule has 1 aliphatic heterocycles. The lowest BCUT2D eigenvalue weighted by Crippen LogP contribution is -2.36. The van der Waals surface area contributed by atoms with Crippen molar-refractivity contribution in [1.82, 2.24) is 14.8 Å². The van der Waals surface area contributed by atoms with Crippen LogP contribution in [-0.2, 0) is 0 Å². The molecule has 2 N–H and O–H groups in total. The molecule has 26 heavy (non-hydrogen) atoms. The number of carbonyl (C=O) groups excluding carboxylic acids is 1. The van der Waals surface area contributed by atoms with E-state index in [2.05, 4.69) is 9.88 Å². The van der Waals surface area contributed by atoms with E-state index < -0.39 is 0 Å². The predicted octanol–water partition coefficient (Wildman–Crippen LogP) is 2.77. The zero-order valence-electron chi connectivity index (χ0n) is 14.8. The predicted molar refractivity (Wildman–Crippen MR) is 100 cm³/mol. The molecular formula is C20H24N4O2. The lowest BCUT2D eigenvalue weighted by molar-refractivity contribution is 0.0755. The summed E-state index contributed by atoms with van der Waals surface area (Å²) in [7, 11) is 0. The third-order valence-electron chi connectivity index (χ3n) is 4.96. The van der Waals surface area contributed by atoms with Crippen LogP contribution in [0.5, 0.6) is 11.5 Å². The number of pyridine rings is 1. The number of para-hydroxylation sites is 1. The van der Waals surface area contributed by atoms with Crippen LogP contribution in [0.1, 0.15) is 29.8 Å². The molecule has 2 aliphatic rings. The summed E-state index contributed by atoms with van der Waals surface area (Å²) in [6, 6.07) is 13.6. The van der Waals surface area contributed by atoms with Crippen molar-refractivity contribution in [2.45, 2.75) is 25.3 Å². The summed E-state index contributed by atoms with van der Waals surface area (Å²) in [5.74, 6) is 1.33. The third kappa shape index (κ3) is 3.80. The van der Waals surface area contributed by atoms with Crippen LogP contribution < -0.4 is 10.5 Å². The molecule has 1 saturated heterocycles. The highest BCUT2D eigenvalue weighted by atomic mass is 16.5. The number of nitrogens with zero attached hydrogens (tertiary/aromatic N) is 3. The average Bonchev–Trinajstić information content (AvgIpc) is 3.50. The second-order valence-electron chi connectivity index (χ2n) is 6.91. The standard InChI is InChI=1S/C20H24N4O2/c21-19-18(26-16-5-2-1-3-6-16)10-9-17(22-19)20(25)24-12-4-11-23(13-14-24)15-7-8-15/h1-3,5-6,9-10,15H,4,7-8,11-14H2,(H2,21,22). The molecule has 1 aromatic carbocycles. The topological polar surface area (TPSA) is 71.7 Å². The van der Waals surface area contributed by atoms with Crippen molar-refractivity contribution in [3.05, 3.63) is 48.2 Å². The lowest BCUT2D eigenvalue weighted by Gasteiger charge is -2.21. The van der Waals surface area contributed by atoms with Crippen LogP contribution in [0.4, 0.5) is 5.82 Å². The average molecular weight is 352 g/mol. The summed E-state index contributed by atoms with van der Waals surface area (Å²) in [6.45, 7) is 3.54. The Morgan fingerprint density at radius 2 is 1.85 bits per heavy atom. The summed E-state index contributed by atoms with van der Waals surface area (Å²) in [6.07, 6.45) is 3.61.